The molecule has 1 fully saturated rings. The highest BCUT2D eigenvalue weighted by Crippen LogP contribution is 2.13. The van der Waals surface area contributed by atoms with Crippen molar-refractivity contribution in [2.45, 2.75) is 59.7 Å². The maximum absolute atomic E-state index is 12.6. The minimum absolute atomic E-state index is 0.190. The van der Waals surface area contributed by atoms with Crippen molar-refractivity contribution in [3.8, 4) is 0 Å². The second kappa shape index (κ2) is 10.2. The predicted molar refractivity (Wildman–Crippen MR) is 97.7 cm³/mol. The third kappa shape index (κ3) is 8.38. The number of hydrogen-bond acceptors (Lipinski definition) is 6. The highest BCUT2D eigenvalue weighted by atomic mass is 16.5. The summed E-state index contributed by atoms with van der Waals surface area (Å²) in [5, 5.41) is 7.40. The highest BCUT2D eigenvalue weighted by molar-refractivity contribution is 6.38. The molecule has 0 aromatic heterocycles. The van der Waals surface area contributed by atoms with Crippen LogP contribution in [0.25, 0.3) is 0 Å². The van der Waals surface area contributed by atoms with Crippen molar-refractivity contribution < 1.29 is 28.7 Å². The van der Waals surface area contributed by atoms with Gasteiger partial charge in [-0.05, 0) is 24.2 Å². The van der Waals surface area contributed by atoms with Gasteiger partial charge < -0.3 is 25.4 Å². The molecule has 3 N–H and O–H groups in total. The fourth-order valence-electron chi connectivity index (χ4n) is 2.22. The smallest absolute Gasteiger partial charge is 0.407 e. The molecule has 1 rings (SSSR count). The van der Waals surface area contributed by atoms with Crippen LogP contribution in [0.4, 0.5) is 4.79 Å². The van der Waals surface area contributed by atoms with E-state index in [-0.39, 0.29) is 24.5 Å². The van der Waals surface area contributed by atoms with Gasteiger partial charge in [0.1, 0.15) is 6.04 Å². The standard InChI is InChI=1S/C18H31N3O6/c1-11(2)12(20-17(25)27-10-18(3,4)5)14(23)21-16-13(22)15(24)19-8-6-7-9-26-16/h11-12,16H,6-10H2,1-5H3,(H,19,24)(H,20,25)(H,21,23). The molecule has 2 atom stereocenters. The van der Waals surface area contributed by atoms with E-state index in [0.29, 0.717) is 19.4 Å². The Labute approximate surface area is 159 Å². The Hall–Kier alpha value is -2.16. The van der Waals surface area contributed by atoms with Gasteiger partial charge in [0, 0.05) is 13.2 Å². The van der Waals surface area contributed by atoms with Crippen molar-refractivity contribution in [2.75, 3.05) is 19.8 Å². The minimum atomic E-state index is -1.38. The first-order valence-corrected chi connectivity index (χ1v) is 9.18. The van der Waals surface area contributed by atoms with Crippen LogP contribution < -0.4 is 16.0 Å². The van der Waals surface area contributed by atoms with E-state index in [1.54, 1.807) is 13.8 Å². The summed E-state index contributed by atoms with van der Waals surface area (Å²) >= 11 is 0. The van der Waals surface area contributed by atoms with Crippen LogP contribution in [0.3, 0.4) is 0 Å². The quantitative estimate of drug-likeness (QED) is 0.599. The van der Waals surface area contributed by atoms with Crippen LogP contribution in [-0.2, 0) is 23.9 Å². The van der Waals surface area contributed by atoms with Crippen molar-refractivity contribution >= 4 is 23.7 Å². The van der Waals surface area contributed by atoms with E-state index in [1.165, 1.54) is 0 Å². The number of rotatable bonds is 5. The van der Waals surface area contributed by atoms with Crippen molar-refractivity contribution in [3.05, 3.63) is 0 Å². The fourth-order valence-corrected chi connectivity index (χ4v) is 2.22. The molecule has 1 heterocycles. The Morgan fingerprint density at radius 3 is 2.52 bits per heavy atom. The number of Topliss-reactive ketones (excluding diaryl/α,β-unsaturated/α-hetero) is 1. The van der Waals surface area contributed by atoms with Gasteiger partial charge in [0.05, 0.1) is 6.61 Å². The number of nitrogens with one attached hydrogen (secondary N) is 3. The first-order valence-electron chi connectivity index (χ1n) is 9.18. The van der Waals surface area contributed by atoms with E-state index in [9.17, 15) is 19.2 Å². The summed E-state index contributed by atoms with van der Waals surface area (Å²) in [5.41, 5.74) is -0.210. The molecule has 0 spiro atoms. The van der Waals surface area contributed by atoms with E-state index in [2.05, 4.69) is 16.0 Å². The molecule has 2 unspecified atom stereocenters. The van der Waals surface area contributed by atoms with Crippen LogP contribution in [-0.4, -0.2) is 55.7 Å². The topological polar surface area (TPSA) is 123 Å². The van der Waals surface area contributed by atoms with Crippen LogP contribution in [0.1, 0.15) is 47.5 Å². The Balaban J connectivity index is 2.73. The Kier molecular flexibility index (Phi) is 8.68. The number of ketones is 1. The summed E-state index contributed by atoms with van der Waals surface area (Å²) in [6.45, 7) is 10.0. The van der Waals surface area contributed by atoms with Crippen LogP contribution in [0.2, 0.25) is 0 Å². The monoisotopic (exact) mass is 385 g/mol. The summed E-state index contributed by atoms with van der Waals surface area (Å²) in [6.07, 6.45) is -0.789. The summed E-state index contributed by atoms with van der Waals surface area (Å²) in [5.74, 6) is -2.57. The predicted octanol–water partition coefficient (Wildman–Crippen LogP) is 0.721. The zero-order valence-corrected chi connectivity index (χ0v) is 16.7. The minimum Gasteiger partial charge on any atom is -0.449 e. The lowest BCUT2D eigenvalue weighted by molar-refractivity contribution is -0.148. The summed E-state index contributed by atoms with van der Waals surface area (Å²) in [7, 11) is 0. The molecule has 3 amide bonds. The largest absolute Gasteiger partial charge is 0.449 e. The number of carbonyl (C=O) groups is 4. The van der Waals surface area contributed by atoms with E-state index >= 15 is 0 Å². The van der Waals surface area contributed by atoms with Crippen molar-refractivity contribution in [1.82, 2.24) is 16.0 Å². The molecule has 0 saturated carbocycles. The number of ether oxygens (including phenoxy) is 2. The summed E-state index contributed by atoms with van der Waals surface area (Å²) in [4.78, 5) is 48.5. The third-order valence-electron chi connectivity index (χ3n) is 3.74. The summed E-state index contributed by atoms with van der Waals surface area (Å²) in [6, 6.07) is -0.940. The van der Waals surface area contributed by atoms with E-state index in [4.69, 9.17) is 9.47 Å². The molecule has 1 aliphatic heterocycles. The molecule has 1 aliphatic rings. The van der Waals surface area contributed by atoms with Crippen molar-refractivity contribution in [3.63, 3.8) is 0 Å². The molecule has 0 aromatic rings. The van der Waals surface area contributed by atoms with Gasteiger partial charge in [0.25, 0.3) is 11.7 Å². The zero-order chi connectivity index (χ0) is 20.6. The number of hydrogen-bond donors (Lipinski definition) is 3. The number of carbonyl (C=O) groups excluding carboxylic acids is 4. The van der Waals surface area contributed by atoms with Crippen molar-refractivity contribution in [2.24, 2.45) is 11.3 Å². The molecule has 9 nitrogen and oxygen atoms in total. The molecule has 0 radical (unpaired) electrons. The van der Waals surface area contributed by atoms with Crippen LogP contribution in [0.5, 0.6) is 0 Å². The van der Waals surface area contributed by atoms with Gasteiger partial charge in [-0.15, -0.1) is 0 Å². The number of amides is 3. The summed E-state index contributed by atoms with van der Waals surface area (Å²) < 4.78 is 10.5. The van der Waals surface area contributed by atoms with Crippen molar-refractivity contribution in [1.29, 1.82) is 0 Å². The van der Waals surface area contributed by atoms with Crippen LogP contribution >= 0.6 is 0 Å². The highest BCUT2D eigenvalue weighted by Gasteiger charge is 2.32. The molecule has 1 saturated heterocycles. The molecule has 9 heteroatoms. The molecule has 0 aromatic carbocycles. The van der Waals surface area contributed by atoms with Crippen LogP contribution in [0.15, 0.2) is 0 Å². The van der Waals surface area contributed by atoms with E-state index in [1.807, 2.05) is 20.8 Å². The van der Waals surface area contributed by atoms with Gasteiger partial charge >= 0.3 is 6.09 Å². The molecule has 0 aliphatic carbocycles. The van der Waals surface area contributed by atoms with E-state index < -0.39 is 36.0 Å². The molecular formula is C18H31N3O6. The fraction of sp³-hybridized carbons (Fsp3) is 0.778. The van der Waals surface area contributed by atoms with Gasteiger partial charge in [-0.2, -0.15) is 0 Å². The average molecular weight is 385 g/mol. The first kappa shape index (κ1) is 22.9. The Bertz CT molecular complexity index is 556. The normalized spacial score (nSPS) is 20.0. The lowest BCUT2D eigenvalue weighted by Gasteiger charge is -2.25. The van der Waals surface area contributed by atoms with Crippen LogP contribution in [0, 0.1) is 11.3 Å². The Morgan fingerprint density at radius 2 is 1.93 bits per heavy atom. The lowest BCUT2D eigenvalue weighted by atomic mass is 9.99. The third-order valence-corrected chi connectivity index (χ3v) is 3.74. The van der Waals surface area contributed by atoms with Gasteiger partial charge in [-0.25, -0.2) is 4.79 Å². The second-order valence-corrected chi connectivity index (χ2v) is 8.09. The van der Waals surface area contributed by atoms with E-state index in [0.717, 1.165) is 0 Å². The van der Waals surface area contributed by atoms with Gasteiger partial charge in [0.2, 0.25) is 5.91 Å². The van der Waals surface area contributed by atoms with Gasteiger partial charge in [-0.3, -0.25) is 14.4 Å². The number of alkyl carbamates (subject to hydrolysis) is 1. The molecular weight excluding hydrogens is 354 g/mol. The average Bonchev–Trinajstić information content (AvgIpc) is 2.63. The Morgan fingerprint density at radius 1 is 1.26 bits per heavy atom. The molecule has 0 bridgehead atoms. The lowest BCUT2D eigenvalue weighted by Crippen LogP contribution is -2.56. The maximum Gasteiger partial charge on any atom is 0.407 e. The molecule has 154 valence electrons. The SMILES string of the molecule is CC(C)C(NC(=O)OCC(C)(C)C)C(=O)NC1OCCCCNC(=O)C1=O. The van der Waals surface area contributed by atoms with Gasteiger partial charge in [-0.1, -0.05) is 34.6 Å². The maximum atomic E-state index is 12.6. The molecule has 27 heavy (non-hydrogen) atoms. The second-order valence-electron chi connectivity index (χ2n) is 8.09. The zero-order valence-electron chi connectivity index (χ0n) is 16.7. The van der Waals surface area contributed by atoms with Gasteiger partial charge in [0.15, 0.2) is 6.23 Å². The first-order chi connectivity index (χ1) is 12.5.